The number of thiazole rings is 1. The average molecular weight is 489 g/mol. The molecule has 0 aliphatic heterocycles. The lowest BCUT2D eigenvalue weighted by Gasteiger charge is -2.20. The van der Waals surface area contributed by atoms with Crippen LogP contribution in [0.15, 0.2) is 66.1 Å². The fraction of sp³-hybridized carbons (Fsp3) is 0.227. The van der Waals surface area contributed by atoms with Crippen LogP contribution in [0.5, 0.6) is 0 Å². The number of benzene rings is 2. The van der Waals surface area contributed by atoms with Crippen molar-refractivity contribution in [2.75, 3.05) is 17.2 Å². The molecule has 0 fully saturated rings. The van der Waals surface area contributed by atoms with E-state index in [1.165, 1.54) is 23.5 Å². The molecule has 1 amide bonds. The number of hydrogen-bond donors (Lipinski definition) is 0. The van der Waals surface area contributed by atoms with Gasteiger partial charge in [0.15, 0.2) is 15.0 Å². The smallest absolute Gasteiger partial charge is 0.260 e. The first-order valence-electron chi connectivity index (χ1n) is 10.0. The highest BCUT2D eigenvalue weighted by Gasteiger charge is 2.22. The summed E-state index contributed by atoms with van der Waals surface area (Å²) in [4.78, 5) is 23.9. The van der Waals surface area contributed by atoms with Gasteiger partial charge in [-0.1, -0.05) is 29.9 Å². The first-order valence-corrected chi connectivity index (χ1v) is 12.9. The highest BCUT2D eigenvalue weighted by Crippen LogP contribution is 2.32. The third kappa shape index (κ3) is 4.85. The Balaban J connectivity index is 1.63. The maximum atomic E-state index is 13.4. The van der Waals surface area contributed by atoms with Gasteiger partial charge < -0.3 is 4.57 Å². The molecule has 10 heteroatoms. The molecule has 7 nitrogen and oxygen atoms in total. The van der Waals surface area contributed by atoms with Crippen molar-refractivity contribution in [1.82, 2.24) is 14.5 Å². The van der Waals surface area contributed by atoms with Gasteiger partial charge in [-0.25, -0.2) is 18.4 Å². The third-order valence-electron chi connectivity index (χ3n) is 5.01. The minimum absolute atomic E-state index is 0.00886. The van der Waals surface area contributed by atoms with E-state index in [4.69, 9.17) is 11.6 Å². The van der Waals surface area contributed by atoms with Crippen LogP contribution in [0, 0.1) is 0 Å². The minimum atomic E-state index is -3.33. The van der Waals surface area contributed by atoms with Gasteiger partial charge in [0.2, 0.25) is 0 Å². The Hall–Kier alpha value is -2.75. The molecule has 2 aromatic heterocycles. The van der Waals surface area contributed by atoms with Crippen LogP contribution in [0.1, 0.15) is 23.7 Å². The van der Waals surface area contributed by atoms with Gasteiger partial charge in [0.1, 0.15) is 0 Å². The minimum Gasteiger partial charge on any atom is -0.337 e. The van der Waals surface area contributed by atoms with Gasteiger partial charge in [0.25, 0.3) is 5.91 Å². The van der Waals surface area contributed by atoms with Gasteiger partial charge in [-0.15, -0.1) is 0 Å². The number of hydrogen-bond acceptors (Lipinski definition) is 6. The Bertz CT molecular complexity index is 1330. The summed E-state index contributed by atoms with van der Waals surface area (Å²) in [6.45, 7) is 2.74. The summed E-state index contributed by atoms with van der Waals surface area (Å²) < 4.78 is 27.0. The van der Waals surface area contributed by atoms with Crippen molar-refractivity contribution < 1.29 is 13.2 Å². The van der Waals surface area contributed by atoms with E-state index in [2.05, 4.69) is 9.97 Å². The second-order valence-electron chi connectivity index (χ2n) is 7.15. The fourth-order valence-corrected chi connectivity index (χ4v) is 5.39. The second-order valence-corrected chi connectivity index (χ2v) is 10.9. The normalized spacial score (nSPS) is 11.7. The van der Waals surface area contributed by atoms with Gasteiger partial charge in [-0.05, 0) is 48.9 Å². The molecule has 32 heavy (non-hydrogen) atoms. The monoisotopic (exact) mass is 488 g/mol. The number of anilines is 1. The summed E-state index contributed by atoms with van der Waals surface area (Å²) in [7, 11) is -3.33. The first-order chi connectivity index (χ1) is 15.4. The van der Waals surface area contributed by atoms with Crippen molar-refractivity contribution in [3.8, 4) is 0 Å². The zero-order valence-corrected chi connectivity index (χ0v) is 19.7. The van der Waals surface area contributed by atoms with Crippen LogP contribution in [0.3, 0.4) is 0 Å². The number of rotatable bonds is 8. The Morgan fingerprint density at radius 1 is 1.19 bits per heavy atom. The molecule has 0 aliphatic rings. The molecule has 0 unspecified atom stereocenters. The zero-order chi connectivity index (χ0) is 22.7. The topological polar surface area (TPSA) is 85.2 Å². The number of carbonyl (C=O) groups excluding carboxylic acids is 1. The Morgan fingerprint density at radius 3 is 2.66 bits per heavy atom. The van der Waals surface area contributed by atoms with Crippen molar-refractivity contribution in [2.24, 2.45) is 0 Å². The summed E-state index contributed by atoms with van der Waals surface area (Å²) >= 11 is 7.51. The number of aryl methyl sites for hydroxylation is 1. The molecule has 166 valence electrons. The molecule has 0 saturated carbocycles. The highest BCUT2D eigenvalue weighted by atomic mass is 35.5. The van der Waals surface area contributed by atoms with Gasteiger partial charge in [-0.3, -0.25) is 9.69 Å². The number of amides is 1. The van der Waals surface area contributed by atoms with Crippen molar-refractivity contribution in [2.45, 2.75) is 24.8 Å². The van der Waals surface area contributed by atoms with Gasteiger partial charge in [0, 0.05) is 36.1 Å². The lowest BCUT2D eigenvalue weighted by atomic mass is 10.2. The highest BCUT2D eigenvalue weighted by molar-refractivity contribution is 7.91. The van der Waals surface area contributed by atoms with Crippen LogP contribution in [0.4, 0.5) is 5.13 Å². The fourth-order valence-electron chi connectivity index (χ4n) is 3.24. The van der Waals surface area contributed by atoms with Crippen LogP contribution in [-0.4, -0.2) is 41.2 Å². The van der Waals surface area contributed by atoms with Crippen LogP contribution in [0.2, 0.25) is 5.02 Å². The summed E-state index contributed by atoms with van der Waals surface area (Å²) in [5, 5.41) is 1.18. The van der Waals surface area contributed by atoms with E-state index < -0.39 is 9.84 Å². The quantitative estimate of drug-likeness (QED) is 0.359. The maximum absolute atomic E-state index is 13.4. The number of sulfone groups is 1. The van der Waals surface area contributed by atoms with E-state index in [1.54, 1.807) is 42.5 Å². The summed E-state index contributed by atoms with van der Waals surface area (Å²) in [6.07, 6.45) is 6.02. The molecule has 4 aromatic rings. The predicted molar refractivity (Wildman–Crippen MR) is 127 cm³/mol. The SMILES string of the molecule is CCS(=O)(=O)c1ccc(C(=O)N(CCCn2ccnc2)c2nc3ccc(Cl)cc3s2)cc1. The molecule has 0 saturated heterocycles. The van der Waals surface area contributed by atoms with Crippen LogP contribution in [-0.2, 0) is 16.4 Å². The molecule has 0 atom stereocenters. The number of imidazole rings is 1. The number of nitrogens with zero attached hydrogens (tertiary/aromatic N) is 4. The van der Waals surface area contributed by atoms with Crippen LogP contribution >= 0.6 is 22.9 Å². The first kappa shape index (κ1) is 22.4. The summed E-state index contributed by atoms with van der Waals surface area (Å²) in [5.74, 6) is -0.226. The van der Waals surface area contributed by atoms with Gasteiger partial charge in [-0.2, -0.15) is 0 Å². The Labute approximate surface area is 195 Å². The molecule has 2 heterocycles. The molecule has 0 N–H and O–H groups in total. The molecule has 0 bridgehead atoms. The van der Waals surface area contributed by atoms with Crippen molar-refractivity contribution in [3.63, 3.8) is 0 Å². The van der Waals surface area contributed by atoms with E-state index in [1.807, 2.05) is 22.9 Å². The lowest BCUT2D eigenvalue weighted by molar-refractivity contribution is 0.0986. The van der Waals surface area contributed by atoms with E-state index >= 15 is 0 Å². The summed E-state index contributed by atoms with van der Waals surface area (Å²) in [5.41, 5.74) is 1.17. The molecule has 0 radical (unpaired) electrons. The molecule has 2 aromatic carbocycles. The van der Waals surface area contributed by atoms with Crippen LogP contribution < -0.4 is 4.90 Å². The molecular formula is C22H21ClN4O3S2. The van der Waals surface area contributed by atoms with E-state index in [-0.39, 0.29) is 16.6 Å². The van der Waals surface area contributed by atoms with E-state index in [9.17, 15) is 13.2 Å². The third-order valence-corrected chi connectivity index (χ3v) is 8.04. The number of halogens is 1. The van der Waals surface area contributed by atoms with Crippen LogP contribution in [0.25, 0.3) is 10.2 Å². The Morgan fingerprint density at radius 2 is 1.97 bits per heavy atom. The van der Waals surface area contributed by atoms with Crippen molar-refractivity contribution >= 4 is 54.0 Å². The molecular weight excluding hydrogens is 468 g/mol. The lowest BCUT2D eigenvalue weighted by Crippen LogP contribution is -2.32. The van der Waals surface area contributed by atoms with Gasteiger partial charge in [0.05, 0.1) is 27.2 Å². The number of carbonyl (C=O) groups is 1. The number of aromatic nitrogens is 3. The molecule has 0 spiro atoms. The predicted octanol–water partition coefficient (Wildman–Crippen LogP) is 4.68. The van der Waals surface area contributed by atoms with Crippen molar-refractivity contribution in [1.29, 1.82) is 0 Å². The van der Waals surface area contributed by atoms with Crippen molar-refractivity contribution in [3.05, 3.63) is 71.8 Å². The van der Waals surface area contributed by atoms with Gasteiger partial charge >= 0.3 is 0 Å². The maximum Gasteiger partial charge on any atom is 0.260 e. The van der Waals surface area contributed by atoms with E-state index in [0.29, 0.717) is 35.2 Å². The second kappa shape index (κ2) is 9.40. The zero-order valence-electron chi connectivity index (χ0n) is 17.3. The van der Waals surface area contributed by atoms with E-state index in [0.717, 1.165) is 10.2 Å². The standard InChI is InChI=1S/C22H21ClN4O3S2/c1-2-32(29,30)18-7-4-16(5-8-18)21(28)27(12-3-11-26-13-10-24-15-26)22-25-19-9-6-17(23)14-20(19)31-22/h4-10,13-15H,2-3,11-12H2,1H3. The summed E-state index contributed by atoms with van der Waals surface area (Å²) in [6, 6.07) is 11.5. The molecule has 4 rings (SSSR count). The largest absolute Gasteiger partial charge is 0.337 e. The molecule has 0 aliphatic carbocycles. The Kier molecular flexibility index (Phi) is 6.59. The number of fused-ring (bicyclic) bond motifs is 1. The average Bonchev–Trinajstić information content (AvgIpc) is 3.46.